The molecule has 0 aliphatic carbocycles. The molecular weight excluding hydrogens is 506 g/mol. The summed E-state index contributed by atoms with van der Waals surface area (Å²) in [7, 11) is 0. The lowest BCUT2D eigenvalue weighted by molar-refractivity contribution is -0.683. The maximum Gasteiger partial charge on any atom is 0.338 e. The number of esters is 1. The van der Waals surface area contributed by atoms with Gasteiger partial charge in [-0.15, -0.1) is 0 Å². The third-order valence-corrected chi connectivity index (χ3v) is 7.85. The van der Waals surface area contributed by atoms with Gasteiger partial charge in [-0.25, -0.2) is 4.79 Å². The molecule has 1 aromatic carbocycles. The molecule has 0 aliphatic heterocycles. The van der Waals surface area contributed by atoms with Crippen molar-refractivity contribution >= 4 is 17.3 Å². The first-order valence-electron chi connectivity index (χ1n) is 15.5. The van der Waals surface area contributed by atoms with E-state index in [0.717, 1.165) is 25.1 Å². The molecule has 0 fully saturated rings. The zero-order valence-electron chi connectivity index (χ0n) is 25.0. The Morgan fingerprint density at radius 1 is 0.872 bits per heavy atom. The lowest BCUT2D eigenvalue weighted by atomic mass is 10.0. The van der Waals surface area contributed by atoms with Gasteiger partial charge in [-0.3, -0.25) is 0 Å². The highest BCUT2D eigenvalue weighted by Gasteiger charge is 2.15. The van der Waals surface area contributed by atoms with Crippen LogP contribution in [0.1, 0.15) is 125 Å². The van der Waals surface area contributed by atoms with Crippen LogP contribution in [0.2, 0.25) is 0 Å². The lowest BCUT2D eigenvalue weighted by Crippen LogP contribution is -2.31. The van der Waals surface area contributed by atoms with Crippen molar-refractivity contribution in [2.24, 2.45) is 0 Å². The summed E-state index contributed by atoms with van der Waals surface area (Å²) < 4.78 is 19.3. The molecule has 0 aliphatic rings. The maximum atomic E-state index is 12.7. The molecule has 39 heavy (non-hydrogen) atoms. The lowest BCUT2D eigenvalue weighted by Gasteiger charge is -2.17. The average molecular weight is 561 g/mol. The highest BCUT2D eigenvalue weighted by Crippen LogP contribution is 2.13. The van der Waals surface area contributed by atoms with Crippen molar-refractivity contribution in [2.45, 2.75) is 123 Å². The minimum atomic E-state index is -0.319. The summed E-state index contributed by atoms with van der Waals surface area (Å²) in [5.41, 5.74) is 3.73. The van der Waals surface area contributed by atoms with E-state index in [2.05, 4.69) is 30.1 Å². The SMILES string of the molecule is CCCCCCCCCCCCCCCCOCC(COC(=O)c1cccc(C[n+]2csc(C)c2)c1)OCC. The Labute approximate surface area is 242 Å². The Kier molecular flexibility index (Phi) is 18.9. The number of aryl methyl sites for hydroxylation is 1. The zero-order valence-corrected chi connectivity index (χ0v) is 25.8. The zero-order chi connectivity index (χ0) is 28.0. The van der Waals surface area contributed by atoms with Crippen LogP contribution in [0.4, 0.5) is 0 Å². The van der Waals surface area contributed by atoms with E-state index in [1.165, 1.54) is 88.3 Å². The van der Waals surface area contributed by atoms with Crippen molar-refractivity contribution in [3.8, 4) is 0 Å². The largest absolute Gasteiger partial charge is 0.459 e. The third kappa shape index (κ3) is 16.2. The van der Waals surface area contributed by atoms with E-state index < -0.39 is 0 Å². The van der Waals surface area contributed by atoms with Crippen molar-refractivity contribution < 1.29 is 23.6 Å². The highest BCUT2D eigenvalue weighted by atomic mass is 32.1. The van der Waals surface area contributed by atoms with Crippen LogP contribution in [0.5, 0.6) is 0 Å². The van der Waals surface area contributed by atoms with Crippen LogP contribution >= 0.6 is 11.3 Å². The highest BCUT2D eigenvalue weighted by molar-refractivity contribution is 7.09. The summed E-state index contributed by atoms with van der Waals surface area (Å²) >= 11 is 1.71. The van der Waals surface area contributed by atoms with Gasteiger partial charge >= 0.3 is 5.97 Å². The number of ether oxygens (including phenoxy) is 3. The second-order valence-corrected chi connectivity index (χ2v) is 11.8. The maximum absolute atomic E-state index is 12.7. The van der Waals surface area contributed by atoms with Gasteiger partial charge in [-0.05, 0) is 32.4 Å². The van der Waals surface area contributed by atoms with Crippen LogP contribution in [-0.2, 0) is 20.8 Å². The number of hydrogen-bond acceptors (Lipinski definition) is 5. The Bertz CT molecular complexity index is 884. The molecule has 1 unspecified atom stereocenters. The van der Waals surface area contributed by atoms with Crippen LogP contribution in [0.15, 0.2) is 36.0 Å². The Balaban J connectivity index is 1.51. The number of hydrogen-bond donors (Lipinski definition) is 0. The van der Waals surface area contributed by atoms with Gasteiger partial charge in [-0.1, -0.05) is 114 Å². The molecule has 0 radical (unpaired) electrons. The normalized spacial score (nSPS) is 12.1. The predicted octanol–water partition coefficient (Wildman–Crippen LogP) is 8.45. The second kappa shape index (κ2) is 22.0. The van der Waals surface area contributed by atoms with Gasteiger partial charge in [-0.2, -0.15) is 4.57 Å². The van der Waals surface area contributed by atoms with Crippen molar-refractivity contribution in [1.29, 1.82) is 0 Å². The summed E-state index contributed by atoms with van der Waals surface area (Å²) in [6.07, 6.45) is 20.8. The molecule has 5 nitrogen and oxygen atoms in total. The molecule has 220 valence electrons. The van der Waals surface area contributed by atoms with Gasteiger partial charge in [0.05, 0.1) is 17.0 Å². The molecule has 6 heteroatoms. The second-order valence-electron chi connectivity index (χ2n) is 10.7. The van der Waals surface area contributed by atoms with Crippen LogP contribution in [0.3, 0.4) is 0 Å². The smallest absolute Gasteiger partial charge is 0.338 e. The minimum Gasteiger partial charge on any atom is -0.459 e. The molecule has 1 heterocycles. The molecule has 2 aromatic rings. The fourth-order valence-corrected chi connectivity index (χ4v) is 5.41. The average Bonchev–Trinajstić information content (AvgIpc) is 3.35. The van der Waals surface area contributed by atoms with E-state index in [9.17, 15) is 4.79 Å². The van der Waals surface area contributed by atoms with Crippen molar-refractivity contribution in [3.63, 3.8) is 0 Å². The molecule has 1 aromatic heterocycles. The summed E-state index contributed by atoms with van der Waals surface area (Å²) in [5.74, 6) is -0.319. The Hall–Kier alpha value is -1.76. The Morgan fingerprint density at radius 2 is 1.51 bits per heavy atom. The summed E-state index contributed by atoms with van der Waals surface area (Å²) in [6.45, 7) is 9.02. The van der Waals surface area contributed by atoms with Gasteiger partial charge in [0.2, 0.25) is 5.51 Å². The number of rotatable bonds is 24. The van der Waals surface area contributed by atoms with E-state index in [1.54, 1.807) is 17.4 Å². The molecule has 0 saturated heterocycles. The number of unbranched alkanes of at least 4 members (excludes halogenated alkanes) is 13. The fourth-order valence-electron chi connectivity index (χ4n) is 4.78. The molecule has 0 spiro atoms. The van der Waals surface area contributed by atoms with Gasteiger partial charge in [0.25, 0.3) is 0 Å². The quantitative estimate of drug-likeness (QED) is 0.0734. The van der Waals surface area contributed by atoms with Crippen LogP contribution in [0, 0.1) is 6.92 Å². The first kappa shape index (κ1) is 33.4. The van der Waals surface area contributed by atoms with Crippen molar-refractivity contribution in [1.82, 2.24) is 0 Å². The van der Waals surface area contributed by atoms with E-state index in [4.69, 9.17) is 14.2 Å². The molecule has 0 amide bonds. The van der Waals surface area contributed by atoms with E-state index >= 15 is 0 Å². The first-order chi connectivity index (χ1) is 19.1. The van der Waals surface area contributed by atoms with Crippen LogP contribution in [-0.4, -0.2) is 38.5 Å². The summed E-state index contributed by atoms with van der Waals surface area (Å²) in [5, 5.41) is 0. The number of benzene rings is 1. The van der Waals surface area contributed by atoms with E-state index in [0.29, 0.717) is 18.8 Å². The number of carbonyl (C=O) groups is 1. The van der Waals surface area contributed by atoms with E-state index in [-0.39, 0.29) is 18.7 Å². The minimum absolute atomic E-state index is 0.202. The standard InChI is InChI=1S/C33H54NO4S/c1-4-6-7-8-9-10-11-12-13-14-15-16-17-18-22-36-26-32(37-5-2)27-38-33(35)31-21-19-20-30(23-31)25-34-24-29(3)39-28-34/h19-21,23-24,28,32H,4-18,22,25-27H2,1-3H3/q+1. The van der Waals surface area contributed by atoms with Gasteiger partial charge < -0.3 is 14.2 Å². The first-order valence-corrected chi connectivity index (χ1v) is 16.4. The Morgan fingerprint density at radius 3 is 2.10 bits per heavy atom. The number of aromatic nitrogens is 1. The molecule has 0 bridgehead atoms. The predicted molar refractivity (Wildman–Crippen MR) is 162 cm³/mol. The summed E-state index contributed by atoms with van der Waals surface area (Å²) in [4.78, 5) is 13.9. The van der Waals surface area contributed by atoms with Gasteiger partial charge in [0.15, 0.2) is 12.7 Å². The molecule has 1 atom stereocenters. The van der Waals surface area contributed by atoms with Crippen LogP contribution in [0.25, 0.3) is 0 Å². The van der Waals surface area contributed by atoms with Crippen molar-refractivity contribution in [3.05, 3.63) is 52.0 Å². The molecule has 0 N–H and O–H groups in total. The monoisotopic (exact) mass is 560 g/mol. The third-order valence-electron chi connectivity index (χ3n) is 7.00. The number of carbonyl (C=O) groups excluding carboxylic acids is 1. The van der Waals surface area contributed by atoms with Crippen molar-refractivity contribution in [2.75, 3.05) is 26.4 Å². The number of nitrogens with zero attached hydrogens (tertiary/aromatic N) is 1. The van der Waals surface area contributed by atoms with Gasteiger partial charge in [0, 0.05) is 18.8 Å². The van der Waals surface area contributed by atoms with Crippen LogP contribution < -0.4 is 4.57 Å². The molecular formula is C33H54NO4S+. The molecule has 2 rings (SSSR count). The van der Waals surface area contributed by atoms with E-state index in [1.807, 2.05) is 25.1 Å². The number of thiazole rings is 1. The van der Waals surface area contributed by atoms with Gasteiger partial charge in [0.1, 0.15) is 12.7 Å². The topological polar surface area (TPSA) is 48.6 Å². The summed E-state index contributed by atoms with van der Waals surface area (Å²) in [6, 6.07) is 7.65. The fraction of sp³-hybridized carbons (Fsp3) is 0.697. The molecule has 0 saturated carbocycles.